The molecule has 0 spiro atoms. The molecule has 2 atom stereocenters. The maximum Gasteiger partial charge on any atom is 0.234 e. The molecule has 134 valence electrons. The Labute approximate surface area is 147 Å². The van der Waals surface area contributed by atoms with Gasteiger partial charge in [-0.25, -0.2) is 0 Å². The Hall–Kier alpha value is -2.08. The van der Waals surface area contributed by atoms with Crippen LogP contribution in [-0.2, 0) is 16.1 Å². The van der Waals surface area contributed by atoms with E-state index in [1.807, 2.05) is 18.2 Å². The minimum Gasteiger partial charge on any atom is -0.454 e. The van der Waals surface area contributed by atoms with Gasteiger partial charge in [-0.3, -0.25) is 14.5 Å². The van der Waals surface area contributed by atoms with Crippen molar-refractivity contribution in [1.82, 2.24) is 9.80 Å². The summed E-state index contributed by atoms with van der Waals surface area (Å²) in [4.78, 5) is 29.2. The molecule has 0 aliphatic carbocycles. The molecule has 2 amide bonds. The van der Waals surface area contributed by atoms with Gasteiger partial charge in [-0.2, -0.15) is 0 Å². The summed E-state index contributed by atoms with van der Waals surface area (Å²) in [5, 5.41) is 0. The maximum atomic E-state index is 12.7. The molecule has 0 aromatic heterocycles. The van der Waals surface area contributed by atoms with Gasteiger partial charge in [0, 0.05) is 13.1 Å². The van der Waals surface area contributed by atoms with Gasteiger partial charge in [0.15, 0.2) is 11.5 Å². The fourth-order valence-corrected chi connectivity index (χ4v) is 3.90. The number of benzene rings is 1. The fraction of sp³-hybridized carbons (Fsp3) is 0.579. The number of carbonyl (C=O) groups is 2. The molecule has 2 fully saturated rings. The van der Waals surface area contributed by atoms with Crippen LogP contribution < -0.4 is 9.47 Å². The van der Waals surface area contributed by atoms with Gasteiger partial charge < -0.3 is 14.4 Å². The van der Waals surface area contributed by atoms with E-state index in [2.05, 4.69) is 18.7 Å². The van der Waals surface area contributed by atoms with Crippen molar-refractivity contribution in [3.05, 3.63) is 23.8 Å². The first-order valence-electron chi connectivity index (χ1n) is 8.99. The number of hydrogen-bond donors (Lipinski definition) is 0. The molecule has 3 aliphatic rings. The molecule has 6 nitrogen and oxygen atoms in total. The van der Waals surface area contributed by atoms with Crippen LogP contribution in [0.25, 0.3) is 0 Å². The zero-order chi connectivity index (χ0) is 17.6. The Bertz CT molecular complexity index is 679. The Balaban J connectivity index is 1.42. The van der Waals surface area contributed by atoms with Gasteiger partial charge in [0.1, 0.15) is 0 Å². The number of fused-ring (bicyclic) bond motifs is 2. The molecule has 0 saturated carbocycles. The summed E-state index contributed by atoms with van der Waals surface area (Å²) in [7, 11) is 0. The van der Waals surface area contributed by atoms with Crippen molar-refractivity contribution < 1.29 is 19.1 Å². The first-order valence-corrected chi connectivity index (χ1v) is 8.99. The second-order valence-corrected chi connectivity index (χ2v) is 7.61. The lowest BCUT2D eigenvalue weighted by atomic mass is 10.00. The van der Waals surface area contributed by atoms with Gasteiger partial charge in [0.05, 0.1) is 18.4 Å². The third-order valence-electron chi connectivity index (χ3n) is 5.36. The van der Waals surface area contributed by atoms with E-state index < -0.39 is 0 Å². The maximum absolute atomic E-state index is 12.7. The lowest BCUT2D eigenvalue weighted by Crippen LogP contribution is -2.36. The van der Waals surface area contributed by atoms with Crippen molar-refractivity contribution in [3.63, 3.8) is 0 Å². The lowest BCUT2D eigenvalue weighted by molar-refractivity contribution is -0.141. The van der Waals surface area contributed by atoms with E-state index in [4.69, 9.17) is 9.47 Å². The van der Waals surface area contributed by atoms with Gasteiger partial charge in [-0.05, 0) is 36.6 Å². The summed E-state index contributed by atoms with van der Waals surface area (Å²) in [6.07, 6.45) is 1.10. The Morgan fingerprint density at radius 2 is 1.76 bits per heavy atom. The highest BCUT2D eigenvalue weighted by Gasteiger charge is 2.51. The van der Waals surface area contributed by atoms with E-state index in [-0.39, 0.29) is 30.4 Å². The van der Waals surface area contributed by atoms with E-state index in [0.717, 1.165) is 18.5 Å². The highest BCUT2D eigenvalue weighted by atomic mass is 16.7. The second kappa shape index (κ2) is 6.33. The third kappa shape index (κ3) is 2.99. The summed E-state index contributed by atoms with van der Waals surface area (Å²) in [6, 6.07) is 5.57. The highest BCUT2D eigenvalue weighted by Crippen LogP contribution is 2.36. The van der Waals surface area contributed by atoms with Crippen LogP contribution in [0.4, 0.5) is 0 Å². The lowest BCUT2D eigenvalue weighted by Gasteiger charge is -2.21. The van der Waals surface area contributed by atoms with Crippen molar-refractivity contribution in [2.75, 3.05) is 26.4 Å². The van der Waals surface area contributed by atoms with E-state index >= 15 is 0 Å². The first kappa shape index (κ1) is 16.4. The van der Waals surface area contributed by atoms with Crippen LogP contribution in [0, 0.1) is 17.8 Å². The average molecular weight is 344 g/mol. The zero-order valence-corrected chi connectivity index (χ0v) is 14.7. The van der Waals surface area contributed by atoms with Crippen LogP contribution in [-0.4, -0.2) is 48.0 Å². The number of nitrogens with zero attached hydrogens (tertiary/aromatic N) is 2. The number of rotatable bonds is 5. The molecular weight excluding hydrogens is 320 g/mol. The van der Waals surface area contributed by atoms with E-state index in [0.29, 0.717) is 37.1 Å². The van der Waals surface area contributed by atoms with Crippen molar-refractivity contribution in [1.29, 1.82) is 0 Å². The van der Waals surface area contributed by atoms with E-state index in [1.54, 1.807) is 0 Å². The van der Waals surface area contributed by atoms with Gasteiger partial charge in [-0.15, -0.1) is 0 Å². The van der Waals surface area contributed by atoms with Gasteiger partial charge >= 0.3 is 0 Å². The molecule has 3 heterocycles. The summed E-state index contributed by atoms with van der Waals surface area (Å²) in [5.41, 5.74) is 0.891. The Morgan fingerprint density at radius 3 is 2.44 bits per heavy atom. The zero-order valence-electron chi connectivity index (χ0n) is 14.7. The topological polar surface area (TPSA) is 59.1 Å². The van der Waals surface area contributed by atoms with Gasteiger partial charge in [0.25, 0.3) is 0 Å². The molecule has 3 aliphatic heterocycles. The van der Waals surface area contributed by atoms with E-state index in [1.165, 1.54) is 4.90 Å². The third-order valence-corrected chi connectivity index (χ3v) is 5.36. The molecule has 0 unspecified atom stereocenters. The largest absolute Gasteiger partial charge is 0.454 e. The number of carbonyl (C=O) groups excluding carboxylic acids is 2. The molecule has 0 radical (unpaired) electrons. The summed E-state index contributed by atoms with van der Waals surface area (Å²) in [5.74, 6) is 1.62. The molecule has 25 heavy (non-hydrogen) atoms. The Kier molecular flexibility index (Phi) is 4.15. The first-order chi connectivity index (χ1) is 12.0. The Morgan fingerprint density at radius 1 is 1.08 bits per heavy atom. The van der Waals surface area contributed by atoms with Crippen molar-refractivity contribution in [2.45, 2.75) is 26.8 Å². The number of amides is 2. The molecule has 4 rings (SSSR count). The molecular formula is C19H24N2O4. The van der Waals surface area contributed by atoms with Crippen LogP contribution in [0.3, 0.4) is 0 Å². The molecule has 1 aromatic carbocycles. The number of hydrogen-bond acceptors (Lipinski definition) is 5. The number of imide groups is 1. The van der Waals surface area contributed by atoms with E-state index in [9.17, 15) is 9.59 Å². The van der Waals surface area contributed by atoms with Crippen LogP contribution >= 0.6 is 0 Å². The quantitative estimate of drug-likeness (QED) is 0.764. The van der Waals surface area contributed by atoms with Crippen molar-refractivity contribution in [3.8, 4) is 11.5 Å². The van der Waals surface area contributed by atoms with Crippen molar-refractivity contribution in [2.24, 2.45) is 17.8 Å². The van der Waals surface area contributed by atoms with Crippen LogP contribution in [0.2, 0.25) is 0 Å². The highest BCUT2D eigenvalue weighted by molar-refractivity contribution is 6.05. The van der Waals surface area contributed by atoms with Crippen LogP contribution in [0.15, 0.2) is 18.2 Å². The minimum atomic E-state index is -0.173. The smallest absolute Gasteiger partial charge is 0.234 e. The minimum absolute atomic E-state index is 0.0280. The molecule has 0 N–H and O–H groups in total. The summed E-state index contributed by atoms with van der Waals surface area (Å²) < 4.78 is 10.7. The monoisotopic (exact) mass is 344 g/mol. The standard InChI is InChI=1S/C19H24N2O4/c1-12(2)5-6-20-9-14-15(10-20)19(23)21(18(14)22)8-13-3-4-16-17(7-13)25-11-24-16/h3-4,7,12,14-15H,5-6,8-11H2,1-2H3/t14-,15+. The molecule has 6 heteroatoms. The average Bonchev–Trinajstić information content (AvgIpc) is 3.26. The normalized spacial score (nSPS) is 25.3. The second-order valence-electron chi connectivity index (χ2n) is 7.61. The summed E-state index contributed by atoms with van der Waals surface area (Å²) in [6.45, 7) is 7.30. The SMILES string of the molecule is CC(C)CCN1C[C@@H]2C(=O)N(Cc3ccc4c(c3)OCO4)C(=O)[C@@H]2C1. The van der Waals surface area contributed by atoms with Crippen molar-refractivity contribution >= 4 is 11.8 Å². The van der Waals surface area contributed by atoms with Crippen LogP contribution in [0.1, 0.15) is 25.8 Å². The predicted octanol–water partition coefficient (Wildman–Crippen LogP) is 1.88. The molecule has 0 bridgehead atoms. The molecule has 2 saturated heterocycles. The summed E-state index contributed by atoms with van der Waals surface area (Å²) >= 11 is 0. The van der Waals surface area contributed by atoms with Gasteiger partial charge in [0.2, 0.25) is 18.6 Å². The fourth-order valence-electron chi connectivity index (χ4n) is 3.90. The van der Waals surface area contributed by atoms with Gasteiger partial charge in [-0.1, -0.05) is 19.9 Å². The number of likely N-dealkylation sites (tertiary alicyclic amines) is 2. The number of ether oxygens (including phenoxy) is 2. The van der Waals surface area contributed by atoms with Crippen LogP contribution in [0.5, 0.6) is 11.5 Å². The predicted molar refractivity (Wildman–Crippen MR) is 91.0 cm³/mol. The molecule has 1 aromatic rings.